The Morgan fingerprint density at radius 3 is 2.52 bits per heavy atom. The molecule has 0 saturated carbocycles. The zero-order valence-electron chi connectivity index (χ0n) is 17.3. The molecular formula is C22H24N4O4S. The largest absolute Gasteiger partial charge is 0.494 e. The van der Waals surface area contributed by atoms with Crippen LogP contribution in [0.2, 0.25) is 0 Å². The predicted octanol–water partition coefficient (Wildman–Crippen LogP) is 2.58. The molecule has 2 aromatic rings. The Labute approximate surface area is 186 Å². The van der Waals surface area contributed by atoms with Crippen LogP contribution in [0.25, 0.3) is 0 Å². The van der Waals surface area contributed by atoms with Crippen molar-refractivity contribution < 1.29 is 19.1 Å². The van der Waals surface area contributed by atoms with E-state index in [2.05, 4.69) is 10.7 Å². The highest BCUT2D eigenvalue weighted by atomic mass is 32.1. The molecule has 0 aliphatic carbocycles. The van der Waals surface area contributed by atoms with Crippen LogP contribution in [0, 0.1) is 0 Å². The van der Waals surface area contributed by atoms with Crippen molar-refractivity contribution in [2.24, 2.45) is 0 Å². The smallest absolute Gasteiger partial charge is 0.269 e. The molecule has 31 heavy (non-hydrogen) atoms. The van der Waals surface area contributed by atoms with Gasteiger partial charge in [-0.3, -0.25) is 24.7 Å². The average Bonchev–Trinajstić information content (AvgIpc) is 2.98. The summed E-state index contributed by atoms with van der Waals surface area (Å²) in [5.74, 6) is -0.498. The number of anilines is 1. The number of carbonyl (C=O) groups is 3. The summed E-state index contributed by atoms with van der Waals surface area (Å²) >= 11 is 5.38. The van der Waals surface area contributed by atoms with E-state index < -0.39 is 11.9 Å². The summed E-state index contributed by atoms with van der Waals surface area (Å²) in [6, 6.07) is 14.6. The number of hydrogen-bond acceptors (Lipinski definition) is 5. The van der Waals surface area contributed by atoms with Gasteiger partial charge in [-0.15, -0.1) is 0 Å². The number of carbonyl (C=O) groups excluding carboxylic acids is 3. The van der Waals surface area contributed by atoms with E-state index in [0.29, 0.717) is 30.2 Å². The summed E-state index contributed by atoms with van der Waals surface area (Å²) in [5, 5.41) is 4.23. The summed E-state index contributed by atoms with van der Waals surface area (Å²) in [6.45, 7) is 4.50. The maximum atomic E-state index is 12.8. The molecule has 1 fully saturated rings. The van der Waals surface area contributed by atoms with E-state index in [1.165, 1.54) is 9.91 Å². The average molecular weight is 441 g/mol. The van der Waals surface area contributed by atoms with Crippen LogP contribution in [0.4, 0.5) is 5.69 Å². The Morgan fingerprint density at radius 2 is 1.84 bits per heavy atom. The Bertz CT molecular complexity index is 982. The van der Waals surface area contributed by atoms with Crippen LogP contribution < -0.4 is 15.5 Å². The molecule has 8 nitrogen and oxygen atoms in total. The molecule has 2 N–H and O–H groups in total. The summed E-state index contributed by atoms with van der Waals surface area (Å²) < 4.78 is 5.44. The number of hydrogen-bond donors (Lipinski definition) is 2. The Morgan fingerprint density at radius 1 is 1.10 bits per heavy atom. The summed E-state index contributed by atoms with van der Waals surface area (Å²) in [5.41, 5.74) is 3.65. The molecule has 1 saturated heterocycles. The van der Waals surface area contributed by atoms with Gasteiger partial charge >= 0.3 is 0 Å². The molecule has 3 rings (SSSR count). The summed E-state index contributed by atoms with van der Waals surface area (Å²) in [7, 11) is 0. The van der Waals surface area contributed by atoms with Gasteiger partial charge in [0.05, 0.1) is 13.0 Å². The van der Waals surface area contributed by atoms with E-state index in [1.807, 2.05) is 6.92 Å². The zero-order valence-corrected chi connectivity index (χ0v) is 18.1. The van der Waals surface area contributed by atoms with Crippen molar-refractivity contribution in [3.63, 3.8) is 0 Å². The Kier molecular flexibility index (Phi) is 7.19. The third-order valence-electron chi connectivity index (χ3n) is 4.68. The lowest BCUT2D eigenvalue weighted by Gasteiger charge is -2.24. The molecule has 1 aliphatic heterocycles. The van der Waals surface area contributed by atoms with Crippen molar-refractivity contribution in [3.8, 4) is 5.75 Å². The number of nitrogens with zero attached hydrogens (tertiary/aromatic N) is 2. The number of rotatable bonds is 8. The molecule has 0 unspecified atom stereocenters. The second-order valence-corrected chi connectivity index (χ2v) is 7.14. The highest BCUT2D eigenvalue weighted by Crippen LogP contribution is 2.21. The molecule has 9 heteroatoms. The molecule has 0 radical (unpaired) electrons. The normalized spacial score (nSPS) is 15.7. The SMILES string of the molecule is CCOc1cccc(NC(=O)C[C@H]2C(=O)N(CC)C(=S)N2NC(=O)c2ccccc2)c1. The fraction of sp³-hybridized carbons (Fsp3) is 0.273. The molecular weight excluding hydrogens is 416 g/mol. The zero-order chi connectivity index (χ0) is 22.4. The fourth-order valence-electron chi connectivity index (χ4n) is 3.22. The molecule has 162 valence electrons. The fourth-order valence-corrected chi connectivity index (χ4v) is 3.62. The lowest BCUT2D eigenvalue weighted by atomic mass is 10.1. The number of likely N-dealkylation sites (N-methyl/N-ethyl adjacent to an activating group) is 1. The molecule has 1 atom stereocenters. The van der Waals surface area contributed by atoms with Gasteiger partial charge in [-0.05, 0) is 50.3 Å². The number of benzene rings is 2. The minimum absolute atomic E-state index is 0.160. The third kappa shape index (κ3) is 5.18. The quantitative estimate of drug-likeness (QED) is 0.613. The molecule has 1 heterocycles. The van der Waals surface area contributed by atoms with Crippen LogP contribution in [-0.4, -0.2) is 51.9 Å². The van der Waals surface area contributed by atoms with Gasteiger partial charge in [-0.25, -0.2) is 5.01 Å². The second-order valence-electron chi connectivity index (χ2n) is 6.77. The number of nitrogens with one attached hydrogen (secondary N) is 2. The topological polar surface area (TPSA) is 91.0 Å². The molecule has 0 bridgehead atoms. The second kappa shape index (κ2) is 10.0. The van der Waals surface area contributed by atoms with Gasteiger partial charge in [0.15, 0.2) is 5.11 Å². The molecule has 1 aliphatic rings. The number of ether oxygens (including phenoxy) is 1. The highest BCUT2D eigenvalue weighted by molar-refractivity contribution is 7.80. The van der Waals surface area contributed by atoms with Gasteiger partial charge in [0.2, 0.25) is 5.91 Å². The van der Waals surface area contributed by atoms with E-state index in [1.54, 1.807) is 61.5 Å². The van der Waals surface area contributed by atoms with Crippen molar-refractivity contribution in [1.82, 2.24) is 15.3 Å². The van der Waals surface area contributed by atoms with Crippen LogP contribution in [0.15, 0.2) is 54.6 Å². The third-order valence-corrected chi connectivity index (χ3v) is 5.10. The predicted molar refractivity (Wildman–Crippen MR) is 120 cm³/mol. The van der Waals surface area contributed by atoms with Gasteiger partial charge in [0.25, 0.3) is 11.8 Å². The first-order valence-electron chi connectivity index (χ1n) is 9.97. The van der Waals surface area contributed by atoms with Crippen molar-refractivity contribution in [2.45, 2.75) is 26.3 Å². The van der Waals surface area contributed by atoms with Gasteiger partial charge in [0, 0.05) is 23.9 Å². The van der Waals surface area contributed by atoms with E-state index in [-0.39, 0.29) is 23.3 Å². The van der Waals surface area contributed by atoms with Gasteiger partial charge in [-0.1, -0.05) is 24.3 Å². The van der Waals surface area contributed by atoms with Crippen LogP contribution in [0.1, 0.15) is 30.6 Å². The van der Waals surface area contributed by atoms with E-state index in [0.717, 1.165) is 0 Å². The summed E-state index contributed by atoms with van der Waals surface area (Å²) in [6.07, 6.45) is -0.177. The monoisotopic (exact) mass is 440 g/mol. The highest BCUT2D eigenvalue weighted by Gasteiger charge is 2.43. The Balaban J connectivity index is 1.74. The molecule has 2 aromatic carbocycles. The van der Waals surface area contributed by atoms with Crippen molar-refractivity contribution >= 4 is 40.7 Å². The van der Waals surface area contributed by atoms with Crippen LogP contribution in [0.3, 0.4) is 0 Å². The van der Waals surface area contributed by atoms with Crippen molar-refractivity contribution in [1.29, 1.82) is 0 Å². The minimum Gasteiger partial charge on any atom is -0.494 e. The van der Waals surface area contributed by atoms with Crippen LogP contribution >= 0.6 is 12.2 Å². The lowest BCUT2D eigenvalue weighted by Crippen LogP contribution is -2.49. The molecule has 0 aromatic heterocycles. The van der Waals surface area contributed by atoms with Crippen LogP contribution in [-0.2, 0) is 9.59 Å². The summed E-state index contributed by atoms with van der Waals surface area (Å²) in [4.78, 5) is 39.5. The number of hydrazine groups is 1. The van der Waals surface area contributed by atoms with Crippen LogP contribution in [0.5, 0.6) is 5.75 Å². The molecule has 3 amide bonds. The Hall–Kier alpha value is -3.46. The minimum atomic E-state index is -0.935. The first kappa shape index (κ1) is 22.2. The van der Waals surface area contributed by atoms with Crippen molar-refractivity contribution in [3.05, 3.63) is 60.2 Å². The lowest BCUT2D eigenvalue weighted by molar-refractivity contribution is -0.130. The van der Waals surface area contributed by atoms with Gasteiger partial charge < -0.3 is 10.1 Å². The maximum Gasteiger partial charge on any atom is 0.269 e. The number of amides is 3. The van der Waals surface area contributed by atoms with E-state index >= 15 is 0 Å². The van der Waals surface area contributed by atoms with Gasteiger partial charge in [-0.2, -0.15) is 0 Å². The van der Waals surface area contributed by atoms with Gasteiger partial charge in [0.1, 0.15) is 11.8 Å². The van der Waals surface area contributed by atoms with E-state index in [9.17, 15) is 14.4 Å². The standard InChI is InChI=1S/C22H24N4O4S/c1-3-25-21(29)18(14-19(27)23-16-11-8-12-17(13-16)30-4-2)26(22(25)31)24-20(28)15-9-6-5-7-10-15/h5-13,18H,3-4,14H2,1-2H3,(H,23,27)(H,24,28)/t18-/m0/s1. The first-order valence-corrected chi connectivity index (χ1v) is 10.4. The van der Waals surface area contributed by atoms with Crippen molar-refractivity contribution in [2.75, 3.05) is 18.5 Å². The van der Waals surface area contributed by atoms with E-state index in [4.69, 9.17) is 17.0 Å². The number of thiocarbonyl (C=S) groups is 1. The molecule has 0 spiro atoms. The maximum absolute atomic E-state index is 12.8. The first-order chi connectivity index (χ1) is 14.9.